The maximum Gasteiger partial charge on any atom is 0.229 e. The highest BCUT2D eigenvalue weighted by atomic mass is 16.5. The lowest BCUT2D eigenvalue weighted by Gasteiger charge is -2.35. The van der Waals surface area contributed by atoms with Crippen molar-refractivity contribution in [2.24, 2.45) is 11.8 Å². The van der Waals surface area contributed by atoms with Gasteiger partial charge in [-0.1, -0.05) is 25.9 Å². The zero-order chi connectivity index (χ0) is 16.4. The summed E-state index contributed by atoms with van der Waals surface area (Å²) in [5.74, 6) is 2.59. The van der Waals surface area contributed by atoms with Crippen LogP contribution in [0.2, 0.25) is 0 Å². The second-order valence-corrected chi connectivity index (χ2v) is 7.25. The molecule has 0 N–H and O–H groups in total. The lowest BCUT2D eigenvalue weighted by molar-refractivity contribution is -0.145. The van der Waals surface area contributed by atoms with E-state index >= 15 is 0 Å². The number of carbonyl (C=O) groups is 1. The van der Waals surface area contributed by atoms with Crippen molar-refractivity contribution >= 4 is 5.91 Å². The maximum atomic E-state index is 12.8. The van der Waals surface area contributed by atoms with E-state index in [1.54, 1.807) is 0 Å². The molecule has 1 aliphatic heterocycles. The van der Waals surface area contributed by atoms with Gasteiger partial charge in [0.2, 0.25) is 17.6 Å². The van der Waals surface area contributed by atoms with E-state index in [-0.39, 0.29) is 23.8 Å². The molecule has 1 saturated heterocycles. The highest BCUT2D eigenvalue weighted by Gasteiger charge is 2.33. The molecule has 1 aromatic heterocycles. The molecule has 2 heterocycles. The molecule has 3 rings (SSSR count). The molecule has 2 aliphatic rings. The SMILES string of the molecule is CC1CCC(C(=O)N2CCO[C@@H](c3noc(C(C)C)n3)C2)CC1. The number of morpholine rings is 1. The minimum Gasteiger partial charge on any atom is -0.366 e. The molecule has 0 unspecified atom stereocenters. The Labute approximate surface area is 137 Å². The van der Waals surface area contributed by atoms with Crippen LogP contribution in [0, 0.1) is 11.8 Å². The standard InChI is InChI=1S/C17H27N3O3/c1-11(2)16-18-15(19-23-16)14-10-20(8-9-22-14)17(21)13-6-4-12(3)5-7-13/h11-14H,4-10H2,1-3H3/t12?,13?,14-/m1/s1. The lowest BCUT2D eigenvalue weighted by atomic mass is 9.82. The molecule has 0 radical (unpaired) electrons. The first-order valence-corrected chi connectivity index (χ1v) is 8.78. The summed E-state index contributed by atoms with van der Waals surface area (Å²) in [5, 5.41) is 4.03. The summed E-state index contributed by atoms with van der Waals surface area (Å²) < 4.78 is 11.0. The van der Waals surface area contributed by atoms with Gasteiger partial charge in [-0.25, -0.2) is 0 Å². The summed E-state index contributed by atoms with van der Waals surface area (Å²) in [7, 11) is 0. The van der Waals surface area contributed by atoms with Crippen LogP contribution in [0.3, 0.4) is 0 Å². The van der Waals surface area contributed by atoms with Crippen molar-refractivity contribution in [3.8, 4) is 0 Å². The van der Waals surface area contributed by atoms with Gasteiger partial charge in [-0.3, -0.25) is 4.79 Å². The number of hydrogen-bond donors (Lipinski definition) is 0. The summed E-state index contributed by atoms with van der Waals surface area (Å²) in [6.07, 6.45) is 4.08. The number of hydrogen-bond acceptors (Lipinski definition) is 5. The molecule has 6 heteroatoms. The van der Waals surface area contributed by atoms with Crippen molar-refractivity contribution < 1.29 is 14.1 Å². The van der Waals surface area contributed by atoms with Crippen LogP contribution in [0.15, 0.2) is 4.52 Å². The first-order valence-electron chi connectivity index (χ1n) is 8.78. The van der Waals surface area contributed by atoms with Gasteiger partial charge >= 0.3 is 0 Å². The van der Waals surface area contributed by atoms with E-state index in [1.165, 1.54) is 0 Å². The van der Waals surface area contributed by atoms with Crippen LogP contribution < -0.4 is 0 Å². The summed E-state index contributed by atoms with van der Waals surface area (Å²) >= 11 is 0. The van der Waals surface area contributed by atoms with E-state index in [2.05, 4.69) is 17.1 Å². The van der Waals surface area contributed by atoms with Gasteiger partial charge in [0.15, 0.2) is 0 Å². The number of ether oxygens (including phenoxy) is 1. The van der Waals surface area contributed by atoms with Crippen molar-refractivity contribution in [3.05, 3.63) is 11.7 Å². The van der Waals surface area contributed by atoms with E-state index < -0.39 is 0 Å². The van der Waals surface area contributed by atoms with Gasteiger partial charge < -0.3 is 14.2 Å². The first-order chi connectivity index (χ1) is 11.0. The normalized spacial score (nSPS) is 29.0. The van der Waals surface area contributed by atoms with E-state index in [0.29, 0.717) is 31.4 Å². The van der Waals surface area contributed by atoms with Crippen LogP contribution in [-0.4, -0.2) is 40.6 Å². The quantitative estimate of drug-likeness (QED) is 0.856. The third-order valence-electron chi connectivity index (χ3n) is 4.98. The minimum atomic E-state index is -0.272. The lowest BCUT2D eigenvalue weighted by Crippen LogP contribution is -2.45. The Balaban J connectivity index is 1.62. The second kappa shape index (κ2) is 6.99. The average Bonchev–Trinajstić information content (AvgIpc) is 3.05. The average molecular weight is 321 g/mol. The van der Waals surface area contributed by atoms with Gasteiger partial charge in [-0.2, -0.15) is 4.98 Å². The molecular formula is C17H27N3O3. The number of nitrogens with zero attached hydrogens (tertiary/aromatic N) is 3. The van der Waals surface area contributed by atoms with Gasteiger partial charge in [-0.05, 0) is 31.6 Å². The van der Waals surface area contributed by atoms with E-state index in [9.17, 15) is 4.79 Å². The largest absolute Gasteiger partial charge is 0.366 e. The van der Waals surface area contributed by atoms with Gasteiger partial charge in [0.05, 0.1) is 13.2 Å². The molecule has 23 heavy (non-hydrogen) atoms. The van der Waals surface area contributed by atoms with Crippen LogP contribution in [0.5, 0.6) is 0 Å². The molecule has 0 aromatic carbocycles. The van der Waals surface area contributed by atoms with Gasteiger partial charge in [0.25, 0.3) is 0 Å². The van der Waals surface area contributed by atoms with Crippen LogP contribution in [0.25, 0.3) is 0 Å². The number of carbonyl (C=O) groups excluding carboxylic acids is 1. The van der Waals surface area contributed by atoms with Crippen molar-refractivity contribution in [2.45, 2.75) is 58.5 Å². The molecule has 1 saturated carbocycles. The number of aromatic nitrogens is 2. The predicted octanol–water partition coefficient (Wildman–Crippen LogP) is 2.92. The topological polar surface area (TPSA) is 68.5 Å². The zero-order valence-electron chi connectivity index (χ0n) is 14.3. The highest BCUT2D eigenvalue weighted by Crippen LogP contribution is 2.31. The Bertz CT molecular complexity index is 535. The monoisotopic (exact) mass is 321 g/mol. The summed E-state index contributed by atoms with van der Waals surface area (Å²) in [5.41, 5.74) is 0. The fraction of sp³-hybridized carbons (Fsp3) is 0.824. The Morgan fingerprint density at radius 1 is 1.26 bits per heavy atom. The van der Waals surface area contributed by atoms with Crippen molar-refractivity contribution in [2.75, 3.05) is 19.7 Å². The van der Waals surface area contributed by atoms with Gasteiger partial charge in [0.1, 0.15) is 6.10 Å². The molecule has 2 fully saturated rings. The van der Waals surface area contributed by atoms with E-state index in [1.807, 2.05) is 18.7 Å². The summed E-state index contributed by atoms with van der Waals surface area (Å²) in [6.45, 7) is 8.02. The molecule has 0 bridgehead atoms. The molecule has 1 amide bonds. The minimum absolute atomic E-state index is 0.182. The zero-order valence-corrected chi connectivity index (χ0v) is 14.3. The smallest absolute Gasteiger partial charge is 0.229 e. The Morgan fingerprint density at radius 3 is 2.65 bits per heavy atom. The molecule has 128 valence electrons. The fourth-order valence-electron chi connectivity index (χ4n) is 3.38. The second-order valence-electron chi connectivity index (χ2n) is 7.25. The van der Waals surface area contributed by atoms with Gasteiger partial charge in [-0.15, -0.1) is 0 Å². The Kier molecular flexibility index (Phi) is 4.99. The van der Waals surface area contributed by atoms with Crippen molar-refractivity contribution in [1.29, 1.82) is 0 Å². The van der Waals surface area contributed by atoms with Crippen LogP contribution in [0.1, 0.15) is 70.2 Å². The van der Waals surface area contributed by atoms with E-state index in [4.69, 9.17) is 9.26 Å². The third-order valence-corrected chi connectivity index (χ3v) is 4.98. The predicted molar refractivity (Wildman–Crippen MR) is 84.8 cm³/mol. The summed E-state index contributed by atoms with van der Waals surface area (Å²) in [4.78, 5) is 19.1. The molecule has 6 nitrogen and oxygen atoms in total. The molecule has 1 atom stereocenters. The third kappa shape index (κ3) is 3.74. The van der Waals surface area contributed by atoms with Crippen LogP contribution in [0.4, 0.5) is 0 Å². The molecule has 0 spiro atoms. The molecule has 1 aliphatic carbocycles. The Morgan fingerprint density at radius 2 is 2.00 bits per heavy atom. The van der Waals surface area contributed by atoms with Gasteiger partial charge in [0, 0.05) is 18.4 Å². The van der Waals surface area contributed by atoms with E-state index in [0.717, 1.165) is 31.6 Å². The van der Waals surface area contributed by atoms with Crippen molar-refractivity contribution in [3.63, 3.8) is 0 Å². The van der Waals surface area contributed by atoms with Crippen LogP contribution >= 0.6 is 0 Å². The first kappa shape index (κ1) is 16.4. The van der Waals surface area contributed by atoms with Crippen LogP contribution in [-0.2, 0) is 9.53 Å². The van der Waals surface area contributed by atoms with Crippen molar-refractivity contribution in [1.82, 2.24) is 15.0 Å². The maximum absolute atomic E-state index is 12.8. The summed E-state index contributed by atoms with van der Waals surface area (Å²) in [6, 6.07) is 0. The molecular weight excluding hydrogens is 294 g/mol. The highest BCUT2D eigenvalue weighted by molar-refractivity contribution is 5.79. The number of rotatable bonds is 3. The number of amides is 1. The molecule has 1 aromatic rings. The fourth-order valence-corrected chi connectivity index (χ4v) is 3.38. The Hall–Kier alpha value is -1.43.